The van der Waals surface area contributed by atoms with Crippen LogP contribution in [-0.2, 0) is 4.74 Å². The summed E-state index contributed by atoms with van der Waals surface area (Å²) in [5, 5.41) is 9.90. The van der Waals surface area contributed by atoms with E-state index in [2.05, 4.69) is 4.74 Å². The second-order valence-corrected chi connectivity index (χ2v) is 1.02. The van der Waals surface area contributed by atoms with Gasteiger partial charge in [0, 0.05) is 6.61 Å². The molecule has 0 bridgehead atoms. The van der Waals surface area contributed by atoms with Crippen LogP contribution in [0.3, 0.4) is 0 Å². The summed E-state index contributed by atoms with van der Waals surface area (Å²) < 4.78 is 4.49. The minimum absolute atomic E-state index is 0. The number of hydrogen-bond acceptors (Lipinski definition) is 2. The van der Waals surface area contributed by atoms with Crippen molar-refractivity contribution >= 4 is 0 Å². The van der Waals surface area contributed by atoms with Gasteiger partial charge in [0.05, 0.1) is 0 Å². The molecule has 0 N–H and O–H groups in total. The van der Waals surface area contributed by atoms with Crippen LogP contribution in [0.25, 0.3) is 0 Å². The van der Waals surface area contributed by atoms with Crippen LogP contribution in [0, 0.1) is 0 Å². The van der Waals surface area contributed by atoms with E-state index in [1.807, 2.05) is 0 Å². The molecule has 2 nitrogen and oxygen atoms in total. The third-order valence-electron chi connectivity index (χ3n) is 0.401. The Labute approximate surface area is 56.0 Å². The first-order valence-electron chi connectivity index (χ1n) is 2.04. The van der Waals surface area contributed by atoms with Gasteiger partial charge in [0.2, 0.25) is 0 Å². The zero-order valence-electron chi connectivity index (χ0n) is 5.10. The Morgan fingerprint density at radius 3 is 2.14 bits per heavy atom. The number of hydrogen-bond donors (Lipinski definition) is 0. The summed E-state index contributed by atoms with van der Waals surface area (Å²) in [6.07, 6.45) is -0.852. The Bertz CT molecular complexity index is 30.9. The summed E-state index contributed by atoms with van der Waals surface area (Å²) in [5.41, 5.74) is 0. The molecule has 1 unspecified atom stereocenters. The maximum atomic E-state index is 9.90. The molecule has 0 aliphatic rings. The molecule has 38 valence electrons. The first kappa shape index (κ1) is 10.5. The van der Waals surface area contributed by atoms with Gasteiger partial charge >= 0.3 is 18.9 Å². The standard InChI is InChI=1S/C4H9O2.Li/c1-3-6-4(2)5;/h4H,3H2,1-2H3;/q-1;+1. The van der Waals surface area contributed by atoms with Gasteiger partial charge in [-0.2, -0.15) is 0 Å². The fourth-order valence-corrected chi connectivity index (χ4v) is 0.235. The minimum Gasteiger partial charge on any atom is -0.831 e. The van der Waals surface area contributed by atoms with E-state index < -0.39 is 6.29 Å². The molecular weight excluding hydrogens is 87.0 g/mol. The van der Waals surface area contributed by atoms with Crippen molar-refractivity contribution < 1.29 is 28.7 Å². The molecule has 0 heterocycles. The second kappa shape index (κ2) is 6.52. The van der Waals surface area contributed by atoms with Gasteiger partial charge in [-0.3, -0.25) is 0 Å². The largest absolute Gasteiger partial charge is 1.00 e. The maximum Gasteiger partial charge on any atom is 1.00 e. The minimum atomic E-state index is -0.852. The molecule has 0 aromatic carbocycles. The van der Waals surface area contributed by atoms with Crippen molar-refractivity contribution in [2.45, 2.75) is 20.1 Å². The number of rotatable bonds is 2. The topological polar surface area (TPSA) is 32.3 Å². The molecule has 0 saturated heterocycles. The molecule has 0 saturated carbocycles. The molecule has 0 amide bonds. The van der Waals surface area contributed by atoms with Gasteiger partial charge in [0.1, 0.15) is 0 Å². The zero-order chi connectivity index (χ0) is 4.99. The van der Waals surface area contributed by atoms with E-state index in [9.17, 15) is 5.11 Å². The van der Waals surface area contributed by atoms with Crippen LogP contribution in [0.2, 0.25) is 0 Å². The Morgan fingerprint density at radius 2 is 2.14 bits per heavy atom. The van der Waals surface area contributed by atoms with Crippen LogP contribution in [0.4, 0.5) is 0 Å². The molecule has 0 aliphatic heterocycles. The normalized spacial score (nSPS) is 12.4. The summed E-state index contributed by atoms with van der Waals surface area (Å²) >= 11 is 0. The molecule has 0 spiro atoms. The van der Waals surface area contributed by atoms with Crippen LogP contribution in [0.15, 0.2) is 0 Å². The SMILES string of the molecule is CCOC(C)[O-].[Li+]. The Morgan fingerprint density at radius 1 is 1.71 bits per heavy atom. The van der Waals surface area contributed by atoms with Crippen LogP contribution in [-0.4, -0.2) is 12.9 Å². The summed E-state index contributed by atoms with van der Waals surface area (Å²) in [5.74, 6) is 0. The summed E-state index contributed by atoms with van der Waals surface area (Å²) in [4.78, 5) is 0. The molecule has 0 fully saturated rings. The van der Waals surface area contributed by atoms with Crippen molar-refractivity contribution in [2.75, 3.05) is 6.61 Å². The summed E-state index contributed by atoms with van der Waals surface area (Å²) in [6, 6.07) is 0. The quantitative estimate of drug-likeness (QED) is 0.267. The average molecular weight is 96.1 g/mol. The van der Waals surface area contributed by atoms with E-state index in [1.165, 1.54) is 6.92 Å². The van der Waals surface area contributed by atoms with Gasteiger partial charge < -0.3 is 9.84 Å². The molecule has 0 rings (SSSR count). The fraction of sp³-hybridized carbons (Fsp3) is 1.00. The molecule has 3 heteroatoms. The van der Waals surface area contributed by atoms with Crippen molar-refractivity contribution in [3.63, 3.8) is 0 Å². The van der Waals surface area contributed by atoms with E-state index >= 15 is 0 Å². The van der Waals surface area contributed by atoms with Gasteiger partial charge in [-0.05, 0) is 13.2 Å². The Balaban J connectivity index is 0. The average Bonchev–Trinajstić information content (AvgIpc) is 1.35. The monoisotopic (exact) mass is 96.1 g/mol. The molecule has 0 aromatic heterocycles. The molecular formula is C4H9LiO2. The predicted octanol–water partition coefficient (Wildman–Crippen LogP) is -3.27. The van der Waals surface area contributed by atoms with Gasteiger partial charge in [-0.25, -0.2) is 0 Å². The molecule has 7 heavy (non-hydrogen) atoms. The van der Waals surface area contributed by atoms with E-state index in [0.717, 1.165) is 0 Å². The molecule has 1 atom stereocenters. The van der Waals surface area contributed by atoms with Crippen molar-refractivity contribution in [3.8, 4) is 0 Å². The zero-order valence-corrected chi connectivity index (χ0v) is 5.10. The van der Waals surface area contributed by atoms with Crippen molar-refractivity contribution in [2.24, 2.45) is 0 Å². The summed E-state index contributed by atoms with van der Waals surface area (Å²) in [6.45, 7) is 3.79. The van der Waals surface area contributed by atoms with Gasteiger partial charge in [0.15, 0.2) is 0 Å². The number of ether oxygens (including phenoxy) is 1. The Hall–Kier alpha value is 0.517. The third-order valence-corrected chi connectivity index (χ3v) is 0.401. The van der Waals surface area contributed by atoms with Gasteiger partial charge in [-0.1, -0.05) is 6.92 Å². The van der Waals surface area contributed by atoms with E-state index in [-0.39, 0.29) is 18.9 Å². The van der Waals surface area contributed by atoms with Crippen molar-refractivity contribution in [1.82, 2.24) is 0 Å². The predicted molar refractivity (Wildman–Crippen MR) is 21.1 cm³/mol. The van der Waals surface area contributed by atoms with Gasteiger partial charge in [-0.15, -0.1) is 0 Å². The van der Waals surface area contributed by atoms with E-state index in [1.54, 1.807) is 6.92 Å². The van der Waals surface area contributed by atoms with E-state index in [0.29, 0.717) is 6.61 Å². The smallest absolute Gasteiger partial charge is 0.831 e. The van der Waals surface area contributed by atoms with Crippen LogP contribution in [0.1, 0.15) is 13.8 Å². The van der Waals surface area contributed by atoms with Crippen LogP contribution >= 0.6 is 0 Å². The molecule has 0 aliphatic carbocycles. The summed E-state index contributed by atoms with van der Waals surface area (Å²) in [7, 11) is 0. The van der Waals surface area contributed by atoms with Gasteiger partial charge in [0.25, 0.3) is 0 Å². The molecule has 0 radical (unpaired) electrons. The van der Waals surface area contributed by atoms with Crippen LogP contribution in [0.5, 0.6) is 0 Å². The van der Waals surface area contributed by atoms with Crippen molar-refractivity contribution in [1.29, 1.82) is 0 Å². The van der Waals surface area contributed by atoms with Crippen LogP contribution < -0.4 is 24.0 Å². The second-order valence-electron chi connectivity index (χ2n) is 1.02. The Kier molecular flexibility index (Phi) is 9.77. The van der Waals surface area contributed by atoms with E-state index in [4.69, 9.17) is 0 Å². The molecule has 0 aromatic rings. The first-order chi connectivity index (χ1) is 2.77. The van der Waals surface area contributed by atoms with Crippen molar-refractivity contribution in [3.05, 3.63) is 0 Å². The maximum absolute atomic E-state index is 9.90. The third kappa shape index (κ3) is 10.7. The first-order valence-corrected chi connectivity index (χ1v) is 2.04. The fourth-order valence-electron chi connectivity index (χ4n) is 0.235.